The monoisotopic (exact) mass is 484 g/mol. The van der Waals surface area contributed by atoms with E-state index in [9.17, 15) is 0 Å². The van der Waals surface area contributed by atoms with Gasteiger partial charge in [-0.25, -0.2) is 9.97 Å². The number of hydrogen-bond acceptors (Lipinski definition) is 2. The highest BCUT2D eigenvalue weighted by atomic mass is 127. The molecule has 0 aliphatic rings. The Kier molecular flexibility index (Phi) is 4.99. The summed E-state index contributed by atoms with van der Waals surface area (Å²) in [4.78, 5) is 9.03. The Labute approximate surface area is 150 Å². The van der Waals surface area contributed by atoms with Crippen molar-refractivity contribution in [2.24, 2.45) is 0 Å². The van der Waals surface area contributed by atoms with E-state index < -0.39 is 0 Å². The van der Waals surface area contributed by atoms with E-state index in [0.29, 0.717) is 16.0 Å². The van der Waals surface area contributed by atoms with Gasteiger partial charge in [-0.05, 0) is 40.8 Å². The highest BCUT2D eigenvalue weighted by Gasteiger charge is 2.23. The van der Waals surface area contributed by atoms with Gasteiger partial charge in [0.15, 0.2) is 5.82 Å². The molecule has 0 radical (unpaired) electrons. The first kappa shape index (κ1) is 16.5. The second-order valence-corrected chi connectivity index (χ2v) is 8.13. The van der Waals surface area contributed by atoms with E-state index in [1.807, 2.05) is 18.2 Å². The van der Waals surface area contributed by atoms with E-state index in [2.05, 4.69) is 69.3 Å². The molecule has 0 saturated heterocycles. The molecular formula is C14H12BrCl2IN2. The van der Waals surface area contributed by atoms with Crippen LogP contribution in [0.15, 0.2) is 22.7 Å². The second-order valence-electron chi connectivity index (χ2n) is 5.37. The molecule has 2 aromatic rings. The van der Waals surface area contributed by atoms with Crippen LogP contribution >= 0.6 is 61.7 Å². The van der Waals surface area contributed by atoms with Crippen LogP contribution in [-0.4, -0.2) is 9.97 Å². The Morgan fingerprint density at radius 1 is 1.15 bits per heavy atom. The van der Waals surface area contributed by atoms with E-state index in [-0.39, 0.29) is 5.41 Å². The van der Waals surface area contributed by atoms with Gasteiger partial charge >= 0.3 is 0 Å². The predicted molar refractivity (Wildman–Crippen MR) is 96.6 cm³/mol. The van der Waals surface area contributed by atoms with E-state index >= 15 is 0 Å². The molecule has 6 heteroatoms. The van der Waals surface area contributed by atoms with Crippen LogP contribution in [0.5, 0.6) is 0 Å². The van der Waals surface area contributed by atoms with Gasteiger partial charge in [-0.3, -0.25) is 0 Å². The van der Waals surface area contributed by atoms with Crippen LogP contribution in [0.1, 0.15) is 26.5 Å². The Morgan fingerprint density at radius 2 is 1.80 bits per heavy atom. The normalized spacial score (nSPS) is 11.8. The molecule has 0 aliphatic heterocycles. The fraction of sp³-hybridized carbons (Fsp3) is 0.286. The number of aromatic nitrogens is 2. The highest BCUT2D eigenvalue weighted by molar-refractivity contribution is 14.1. The van der Waals surface area contributed by atoms with Gasteiger partial charge in [0.2, 0.25) is 0 Å². The van der Waals surface area contributed by atoms with Crippen molar-refractivity contribution < 1.29 is 0 Å². The SMILES string of the molecule is CC(C)(C)c1nc(-c2cc(Br)ccc2Cl)nc(Cl)c1I. The van der Waals surface area contributed by atoms with Crippen molar-refractivity contribution in [2.75, 3.05) is 0 Å². The van der Waals surface area contributed by atoms with Crippen LogP contribution in [0.4, 0.5) is 0 Å². The lowest BCUT2D eigenvalue weighted by atomic mass is 9.92. The van der Waals surface area contributed by atoms with E-state index in [1.165, 1.54) is 0 Å². The Bertz CT molecular complexity index is 669. The minimum Gasteiger partial charge on any atom is -0.231 e. The summed E-state index contributed by atoms with van der Waals surface area (Å²) < 4.78 is 1.80. The highest BCUT2D eigenvalue weighted by Crippen LogP contribution is 2.34. The lowest BCUT2D eigenvalue weighted by Crippen LogP contribution is -2.17. The molecule has 0 unspecified atom stereocenters. The van der Waals surface area contributed by atoms with Gasteiger partial charge in [-0.2, -0.15) is 0 Å². The van der Waals surface area contributed by atoms with Crippen LogP contribution in [0.2, 0.25) is 10.2 Å². The van der Waals surface area contributed by atoms with Gasteiger partial charge in [0.25, 0.3) is 0 Å². The van der Waals surface area contributed by atoms with Crippen LogP contribution < -0.4 is 0 Å². The molecule has 2 rings (SSSR count). The van der Waals surface area contributed by atoms with Crippen LogP contribution in [-0.2, 0) is 5.41 Å². The third-order valence-electron chi connectivity index (χ3n) is 2.69. The average Bonchev–Trinajstić information content (AvgIpc) is 2.34. The number of halogens is 4. The van der Waals surface area contributed by atoms with Crippen LogP contribution in [0.25, 0.3) is 11.4 Å². The fourth-order valence-corrected chi connectivity index (χ4v) is 3.49. The number of rotatable bonds is 1. The Morgan fingerprint density at radius 3 is 2.40 bits per heavy atom. The zero-order valence-electron chi connectivity index (χ0n) is 11.1. The first-order valence-corrected chi connectivity index (χ1v) is 8.52. The van der Waals surface area contributed by atoms with Crippen molar-refractivity contribution in [3.63, 3.8) is 0 Å². The summed E-state index contributed by atoms with van der Waals surface area (Å²) in [6.07, 6.45) is 0. The van der Waals surface area contributed by atoms with Crippen molar-refractivity contribution in [3.8, 4) is 11.4 Å². The van der Waals surface area contributed by atoms with Crippen LogP contribution in [0, 0.1) is 3.57 Å². The quantitative estimate of drug-likeness (QED) is 0.359. The lowest BCUT2D eigenvalue weighted by molar-refractivity contribution is 0.563. The minimum absolute atomic E-state index is 0.115. The third-order valence-corrected chi connectivity index (χ3v) is 5.13. The van der Waals surface area contributed by atoms with E-state index in [0.717, 1.165) is 19.3 Å². The number of hydrogen-bond donors (Lipinski definition) is 0. The average molecular weight is 486 g/mol. The van der Waals surface area contributed by atoms with Gasteiger partial charge in [-0.15, -0.1) is 0 Å². The Balaban J connectivity index is 2.70. The molecule has 1 aromatic heterocycles. The number of nitrogens with zero attached hydrogens (tertiary/aromatic N) is 2. The molecule has 0 saturated carbocycles. The molecule has 0 fully saturated rings. The molecule has 0 atom stereocenters. The van der Waals surface area contributed by atoms with Gasteiger partial charge in [0.05, 0.1) is 14.3 Å². The summed E-state index contributed by atoms with van der Waals surface area (Å²) in [6.45, 7) is 6.29. The molecule has 106 valence electrons. The molecule has 20 heavy (non-hydrogen) atoms. The summed E-state index contributed by atoms with van der Waals surface area (Å²) in [6, 6.07) is 5.59. The zero-order chi connectivity index (χ0) is 15.1. The molecule has 1 aromatic carbocycles. The van der Waals surface area contributed by atoms with Crippen molar-refractivity contribution >= 4 is 61.7 Å². The Hall–Kier alpha value is 0.0900. The molecule has 0 N–H and O–H groups in total. The minimum atomic E-state index is -0.115. The third kappa shape index (κ3) is 3.46. The largest absolute Gasteiger partial charge is 0.231 e. The van der Waals surface area contributed by atoms with Gasteiger partial charge in [0.1, 0.15) is 5.15 Å². The summed E-state index contributed by atoms with van der Waals surface area (Å²) in [5.74, 6) is 0.548. The molecule has 2 nitrogen and oxygen atoms in total. The summed E-state index contributed by atoms with van der Waals surface area (Å²) in [5.41, 5.74) is 1.57. The summed E-state index contributed by atoms with van der Waals surface area (Å²) in [7, 11) is 0. The van der Waals surface area contributed by atoms with Crippen LogP contribution in [0.3, 0.4) is 0 Å². The maximum absolute atomic E-state index is 6.25. The van der Waals surface area contributed by atoms with Crippen molar-refractivity contribution in [2.45, 2.75) is 26.2 Å². The molecule has 1 heterocycles. The van der Waals surface area contributed by atoms with Gasteiger partial charge < -0.3 is 0 Å². The second kappa shape index (κ2) is 6.07. The molecule has 0 bridgehead atoms. The van der Waals surface area contributed by atoms with Gasteiger partial charge in [-0.1, -0.05) is 59.9 Å². The molecular weight excluding hydrogens is 474 g/mol. The molecule has 0 spiro atoms. The van der Waals surface area contributed by atoms with Crippen molar-refractivity contribution in [3.05, 3.63) is 42.1 Å². The predicted octanol–water partition coefficient (Wildman–Crippen LogP) is 6.12. The van der Waals surface area contributed by atoms with Crippen molar-refractivity contribution in [1.29, 1.82) is 0 Å². The summed E-state index contributed by atoms with van der Waals surface area (Å²) >= 11 is 18.1. The molecule has 0 aliphatic carbocycles. The standard InChI is InChI=1S/C14H12BrCl2IN2/c1-14(2,3)11-10(18)12(17)20-13(19-11)8-6-7(15)4-5-9(8)16/h4-6H,1-3H3. The van der Waals surface area contributed by atoms with Gasteiger partial charge in [0, 0.05) is 15.5 Å². The van der Waals surface area contributed by atoms with E-state index in [4.69, 9.17) is 23.2 Å². The van der Waals surface area contributed by atoms with Crippen molar-refractivity contribution in [1.82, 2.24) is 9.97 Å². The zero-order valence-corrected chi connectivity index (χ0v) is 16.4. The topological polar surface area (TPSA) is 25.8 Å². The smallest absolute Gasteiger partial charge is 0.162 e. The first-order valence-electron chi connectivity index (χ1n) is 5.89. The van der Waals surface area contributed by atoms with E-state index in [1.54, 1.807) is 0 Å². The maximum Gasteiger partial charge on any atom is 0.162 e. The number of benzene rings is 1. The maximum atomic E-state index is 6.25. The molecule has 0 amide bonds. The fourth-order valence-electron chi connectivity index (χ4n) is 1.71. The lowest BCUT2D eigenvalue weighted by Gasteiger charge is -2.20. The first-order chi connectivity index (χ1) is 9.20. The summed E-state index contributed by atoms with van der Waals surface area (Å²) in [5, 5.41) is 1.06.